The fourth-order valence-electron chi connectivity index (χ4n) is 3.61. The van der Waals surface area contributed by atoms with Crippen LogP contribution in [0.3, 0.4) is 0 Å². The van der Waals surface area contributed by atoms with Gasteiger partial charge in [0, 0.05) is 6.04 Å². The molecular weight excluding hydrogens is 274 g/mol. The van der Waals surface area contributed by atoms with Gasteiger partial charge >= 0.3 is 0 Å². The molecule has 3 nitrogen and oxygen atoms in total. The average Bonchev–Trinajstić information content (AvgIpc) is 2.55. The van der Waals surface area contributed by atoms with Gasteiger partial charge in [0.05, 0.1) is 0 Å². The van der Waals surface area contributed by atoms with Crippen molar-refractivity contribution >= 4 is 5.91 Å². The number of amides is 1. The molecule has 0 saturated heterocycles. The molecule has 0 aromatic heterocycles. The summed E-state index contributed by atoms with van der Waals surface area (Å²) in [5.74, 6) is 0.844. The predicted molar refractivity (Wildman–Crippen MR) is 88.2 cm³/mol. The molecule has 0 aliphatic heterocycles. The van der Waals surface area contributed by atoms with E-state index < -0.39 is 6.10 Å². The summed E-state index contributed by atoms with van der Waals surface area (Å²) < 4.78 is 5.87. The van der Waals surface area contributed by atoms with Crippen molar-refractivity contribution in [1.29, 1.82) is 0 Å². The predicted octanol–water partition coefficient (Wildman–Crippen LogP) is 3.78. The van der Waals surface area contributed by atoms with Crippen molar-refractivity contribution < 1.29 is 9.53 Å². The third kappa shape index (κ3) is 3.82. The summed E-state index contributed by atoms with van der Waals surface area (Å²) in [6, 6.07) is 6.64. The van der Waals surface area contributed by atoms with E-state index in [2.05, 4.69) is 17.4 Å². The molecule has 1 saturated carbocycles. The number of fused-ring (bicyclic) bond motifs is 1. The van der Waals surface area contributed by atoms with Gasteiger partial charge in [0.15, 0.2) is 6.10 Å². The zero-order chi connectivity index (χ0) is 15.4. The highest BCUT2D eigenvalue weighted by atomic mass is 16.5. The van der Waals surface area contributed by atoms with Crippen LogP contribution in [0, 0.1) is 0 Å². The lowest BCUT2D eigenvalue weighted by atomic mass is 9.92. The van der Waals surface area contributed by atoms with E-state index in [4.69, 9.17) is 4.74 Å². The van der Waals surface area contributed by atoms with Gasteiger partial charge in [-0.3, -0.25) is 4.79 Å². The van der Waals surface area contributed by atoms with E-state index in [-0.39, 0.29) is 5.91 Å². The number of aryl methyl sites for hydroxylation is 2. The van der Waals surface area contributed by atoms with Crippen LogP contribution in [0.15, 0.2) is 18.2 Å². The van der Waals surface area contributed by atoms with Crippen LogP contribution in [0.1, 0.15) is 63.0 Å². The Kier molecular flexibility index (Phi) is 5.01. The SMILES string of the molecule is C[C@@H](Oc1ccc2c(c1)CCCC2)C(=O)NC1CCCCC1. The minimum atomic E-state index is -0.427. The number of nitrogens with one attached hydrogen (secondary N) is 1. The van der Waals surface area contributed by atoms with Crippen molar-refractivity contribution in [2.75, 3.05) is 0 Å². The van der Waals surface area contributed by atoms with Crippen LogP contribution in [0.2, 0.25) is 0 Å². The summed E-state index contributed by atoms with van der Waals surface area (Å²) in [5, 5.41) is 3.14. The molecule has 0 unspecified atom stereocenters. The number of rotatable bonds is 4. The van der Waals surface area contributed by atoms with Crippen molar-refractivity contribution in [1.82, 2.24) is 5.32 Å². The fraction of sp³-hybridized carbons (Fsp3) is 0.632. The Morgan fingerprint density at radius 2 is 1.82 bits per heavy atom. The second-order valence-electron chi connectivity index (χ2n) is 6.74. The summed E-state index contributed by atoms with van der Waals surface area (Å²) >= 11 is 0. The molecule has 1 aromatic carbocycles. The van der Waals surface area contributed by atoms with Gasteiger partial charge in [0.1, 0.15) is 5.75 Å². The van der Waals surface area contributed by atoms with E-state index in [0.29, 0.717) is 6.04 Å². The molecule has 2 aliphatic rings. The van der Waals surface area contributed by atoms with E-state index in [1.807, 2.05) is 13.0 Å². The van der Waals surface area contributed by atoms with Crippen molar-refractivity contribution in [3.05, 3.63) is 29.3 Å². The van der Waals surface area contributed by atoms with Crippen LogP contribution in [0.5, 0.6) is 5.75 Å². The minimum absolute atomic E-state index is 0.0182. The van der Waals surface area contributed by atoms with Gasteiger partial charge in [-0.25, -0.2) is 0 Å². The van der Waals surface area contributed by atoms with Crippen LogP contribution >= 0.6 is 0 Å². The molecule has 0 spiro atoms. The molecule has 1 fully saturated rings. The highest BCUT2D eigenvalue weighted by Gasteiger charge is 2.21. The molecular formula is C19H27NO2. The van der Waals surface area contributed by atoms with E-state index in [1.165, 1.54) is 49.7 Å². The summed E-state index contributed by atoms with van der Waals surface area (Å²) in [7, 11) is 0. The second-order valence-corrected chi connectivity index (χ2v) is 6.74. The second kappa shape index (κ2) is 7.17. The fourth-order valence-corrected chi connectivity index (χ4v) is 3.61. The van der Waals surface area contributed by atoms with Gasteiger partial charge in [-0.1, -0.05) is 25.3 Å². The highest BCUT2D eigenvalue weighted by Crippen LogP contribution is 2.26. The lowest BCUT2D eigenvalue weighted by Crippen LogP contribution is -2.43. The van der Waals surface area contributed by atoms with Crippen LogP contribution in [-0.2, 0) is 17.6 Å². The normalized spacial score (nSPS) is 20.0. The molecule has 120 valence electrons. The summed E-state index contributed by atoms with van der Waals surface area (Å²) in [5.41, 5.74) is 2.83. The quantitative estimate of drug-likeness (QED) is 0.919. The number of hydrogen-bond donors (Lipinski definition) is 1. The molecule has 0 heterocycles. The Morgan fingerprint density at radius 3 is 2.59 bits per heavy atom. The number of hydrogen-bond acceptors (Lipinski definition) is 2. The average molecular weight is 301 g/mol. The van der Waals surface area contributed by atoms with Crippen molar-refractivity contribution in [2.45, 2.75) is 76.9 Å². The number of carbonyl (C=O) groups is 1. The summed E-state index contributed by atoms with van der Waals surface area (Å²) in [6.07, 6.45) is 10.4. The number of ether oxygens (including phenoxy) is 1. The first kappa shape index (κ1) is 15.4. The molecule has 3 heteroatoms. The zero-order valence-corrected chi connectivity index (χ0v) is 13.6. The van der Waals surface area contributed by atoms with Gasteiger partial charge in [-0.2, -0.15) is 0 Å². The Hall–Kier alpha value is -1.51. The summed E-state index contributed by atoms with van der Waals surface area (Å²) in [6.45, 7) is 1.84. The molecule has 1 amide bonds. The standard InChI is InChI=1S/C19H27NO2/c1-14(19(21)20-17-9-3-2-4-10-17)22-18-12-11-15-7-5-6-8-16(15)13-18/h11-14,17H,2-10H2,1H3,(H,20,21)/t14-/m1/s1. The maximum absolute atomic E-state index is 12.3. The number of carbonyl (C=O) groups excluding carboxylic acids is 1. The van der Waals surface area contributed by atoms with Gasteiger partial charge in [0.25, 0.3) is 5.91 Å². The Labute approximate surface area is 133 Å². The van der Waals surface area contributed by atoms with Crippen molar-refractivity contribution in [3.8, 4) is 5.75 Å². The summed E-state index contributed by atoms with van der Waals surface area (Å²) in [4.78, 5) is 12.3. The van der Waals surface area contributed by atoms with Gasteiger partial charge in [0.2, 0.25) is 0 Å². The molecule has 1 atom stereocenters. The topological polar surface area (TPSA) is 38.3 Å². The van der Waals surface area contributed by atoms with Gasteiger partial charge in [-0.05, 0) is 68.7 Å². The Balaban J connectivity index is 1.56. The van der Waals surface area contributed by atoms with Crippen LogP contribution in [0.4, 0.5) is 0 Å². The zero-order valence-electron chi connectivity index (χ0n) is 13.6. The first-order chi connectivity index (χ1) is 10.7. The lowest BCUT2D eigenvalue weighted by molar-refractivity contribution is -0.128. The monoisotopic (exact) mass is 301 g/mol. The maximum atomic E-state index is 12.3. The third-order valence-electron chi connectivity index (χ3n) is 4.95. The van der Waals surface area contributed by atoms with Crippen molar-refractivity contribution in [2.24, 2.45) is 0 Å². The molecule has 0 radical (unpaired) electrons. The van der Waals surface area contributed by atoms with Gasteiger partial charge in [-0.15, -0.1) is 0 Å². The van der Waals surface area contributed by atoms with Crippen LogP contribution < -0.4 is 10.1 Å². The largest absolute Gasteiger partial charge is 0.481 e. The molecule has 1 aromatic rings. The van der Waals surface area contributed by atoms with E-state index >= 15 is 0 Å². The molecule has 22 heavy (non-hydrogen) atoms. The first-order valence-electron chi connectivity index (χ1n) is 8.81. The molecule has 2 aliphatic carbocycles. The van der Waals surface area contributed by atoms with E-state index in [1.54, 1.807) is 0 Å². The van der Waals surface area contributed by atoms with E-state index in [0.717, 1.165) is 25.0 Å². The van der Waals surface area contributed by atoms with Crippen LogP contribution in [-0.4, -0.2) is 18.1 Å². The first-order valence-corrected chi connectivity index (χ1v) is 8.81. The minimum Gasteiger partial charge on any atom is -0.481 e. The van der Waals surface area contributed by atoms with Gasteiger partial charge < -0.3 is 10.1 Å². The Bertz CT molecular complexity index is 520. The third-order valence-corrected chi connectivity index (χ3v) is 4.95. The smallest absolute Gasteiger partial charge is 0.260 e. The number of benzene rings is 1. The lowest BCUT2D eigenvalue weighted by Gasteiger charge is -2.25. The highest BCUT2D eigenvalue weighted by molar-refractivity contribution is 5.81. The van der Waals surface area contributed by atoms with Crippen molar-refractivity contribution in [3.63, 3.8) is 0 Å². The maximum Gasteiger partial charge on any atom is 0.260 e. The molecule has 1 N–H and O–H groups in total. The Morgan fingerprint density at radius 1 is 1.09 bits per heavy atom. The van der Waals surface area contributed by atoms with Crippen LogP contribution in [0.25, 0.3) is 0 Å². The molecule has 3 rings (SSSR count). The van der Waals surface area contributed by atoms with E-state index in [9.17, 15) is 4.79 Å². The molecule has 0 bridgehead atoms.